The highest BCUT2D eigenvalue weighted by atomic mass is 19.1. The fourth-order valence-corrected chi connectivity index (χ4v) is 2.53. The highest BCUT2D eigenvalue weighted by molar-refractivity contribution is 5.97. The van der Waals surface area contributed by atoms with E-state index in [1.807, 2.05) is 13.8 Å². The molecule has 6 nitrogen and oxygen atoms in total. The van der Waals surface area contributed by atoms with Gasteiger partial charge in [-0.05, 0) is 54.3 Å². The number of carbonyl (C=O) groups is 2. The molecule has 0 fully saturated rings. The van der Waals surface area contributed by atoms with Crippen LogP contribution in [0.4, 0.5) is 4.39 Å². The predicted octanol–water partition coefficient (Wildman–Crippen LogP) is 2.35. The first-order valence-corrected chi connectivity index (χ1v) is 8.63. The Hall–Kier alpha value is -3.09. The maximum absolute atomic E-state index is 13.0. The van der Waals surface area contributed by atoms with Gasteiger partial charge in [0.2, 0.25) is 5.91 Å². The van der Waals surface area contributed by atoms with Crippen LogP contribution in [0.3, 0.4) is 0 Å². The molecular weight excluding hydrogens is 351 g/mol. The first-order chi connectivity index (χ1) is 12.8. The number of rotatable bonds is 7. The van der Waals surface area contributed by atoms with E-state index in [-0.39, 0.29) is 28.9 Å². The summed E-state index contributed by atoms with van der Waals surface area (Å²) in [7, 11) is 0. The molecule has 2 amide bonds. The van der Waals surface area contributed by atoms with E-state index >= 15 is 0 Å². The first kappa shape index (κ1) is 20.2. The number of benzene rings is 2. The van der Waals surface area contributed by atoms with Gasteiger partial charge in [0.05, 0.1) is 0 Å². The van der Waals surface area contributed by atoms with Crippen molar-refractivity contribution in [3.8, 4) is 11.5 Å². The van der Waals surface area contributed by atoms with E-state index in [0.29, 0.717) is 13.0 Å². The van der Waals surface area contributed by atoms with Gasteiger partial charge in [0, 0.05) is 12.1 Å². The van der Waals surface area contributed by atoms with Gasteiger partial charge in [0.25, 0.3) is 5.91 Å². The van der Waals surface area contributed by atoms with Gasteiger partial charge in [0.15, 0.2) is 11.5 Å². The number of amides is 2. The Morgan fingerprint density at radius 2 is 1.70 bits per heavy atom. The number of aromatic hydroxyl groups is 2. The Morgan fingerprint density at radius 3 is 2.30 bits per heavy atom. The van der Waals surface area contributed by atoms with Crippen molar-refractivity contribution in [1.82, 2.24) is 10.6 Å². The number of halogens is 1. The van der Waals surface area contributed by atoms with Crippen LogP contribution in [-0.4, -0.2) is 34.6 Å². The maximum atomic E-state index is 13.0. The lowest BCUT2D eigenvalue weighted by Crippen LogP contribution is -2.50. The van der Waals surface area contributed by atoms with Gasteiger partial charge in [-0.25, -0.2) is 4.39 Å². The fraction of sp³-hybridized carbons (Fsp3) is 0.300. The summed E-state index contributed by atoms with van der Waals surface area (Å²) in [5.41, 5.74) is 1.02. The molecular formula is C20H23FN2O4. The normalized spacial score (nSPS) is 11.9. The molecule has 0 aliphatic rings. The molecule has 0 aromatic heterocycles. The van der Waals surface area contributed by atoms with Gasteiger partial charge < -0.3 is 20.8 Å². The maximum Gasteiger partial charge on any atom is 0.251 e. The number of phenolic OH excluding ortho intramolecular Hbond substituents is 2. The molecule has 1 unspecified atom stereocenters. The standard InChI is InChI=1S/C20H23FN2O4/c1-12(2)18(23-19(26)14-4-6-15(21)7-5-14)20(27)22-10-9-13-3-8-16(24)17(25)11-13/h3-8,11-12,18,24-25H,9-10H2,1-2H3,(H,22,27)(H,23,26). The SMILES string of the molecule is CC(C)C(NC(=O)c1ccc(F)cc1)C(=O)NCCc1ccc(O)c(O)c1. The topological polar surface area (TPSA) is 98.7 Å². The molecule has 0 saturated heterocycles. The average molecular weight is 374 g/mol. The molecule has 0 saturated carbocycles. The van der Waals surface area contributed by atoms with Gasteiger partial charge in [-0.2, -0.15) is 0 Å². The van der Waals surface area contributed by atoms with Gasteiger partial charge in [0.1, 0.15) is 11.9 Å². The molecule has 2 aromatic rings. The Balaban J connectivity index is 1.92. The van der Waals surface area contributed by atoms with Crippen molar-refractivity contribution >= 4 is 11.8 Å². The van der Waals surface area contributed by atoms with E-state index in [1.54, 1.807) is 6.07 Å². The Labute approximate surface area is 157 Å². The van der Waals surface area contributed by atoms with Gasteiger partial charge in [-0.3, -0.25) is 9.59 Å². The molecule has 0 spiro atoms. The van der Waals surface area contributed by atoms with Crippen molar-refractivity contribution in [3.05, 3.63) is 59.4 Å². The first-order valence-electron chi connectivity index (χ1n) is 8.63. The minimum absolute atomic E-state index is 0.146. The third-order valence-electron chi connectivity index (χ3n) is 4.09. The lowest BCUT2D eigenvalue weighted by Gasteiger charge is -2.22. The van der Waals surface area contributed by atoms with E-state index in [4.69, 9.17) is 0 Å². The largest absolute Gasteiger partial charge is 0.504 e. The highest BCUT2D eigenvalue weighted by Crippen LogP contribution is 2.24. The summed E-state index contributed by atoms with van der Waals surface area (Å²) >= 11 is 0. The van der Waals surface area contributed by atoms with Crippen LogP contribution in [0.15, 0.2) is 42.5 Å². The minimum Gasteiger partial charge on any atom is -0.504 e. The van der Waals surface area contributed by atoms with E-state index in [2.05, 4.69) is 10.6 Å². The number of hydrogen-bond donors (Lipinski definition) is 4. The summed E-state index contributed by atoms with van der Waals surface area (Å²) in [5, 5.41) is 24.2. The van der Waals surface area contributed by atoms with Crippen LogP contribution in [-0.2, 0) is 11.2 Å². The van der Waals surface area contributed by atoms with Gasteiger partial charge in [-0.1, -0.05) is 19.9 Å². The average Bonchev–Trinajstić information content (AvgIpc) is 2.62. The Bertz CT molecular complexity index is 806. The number of phenols is 2. The monoisotopic (exact) mass is 374 g/mol. The van der Waals surface area contributed by atoms with Crippen LogP contribution in [0.2, 0.25) is 0 Å². The van der Waals surface area contributed by atoms with Gasteiger partial charge in [-0.15, -0.1) is 0 Å². The van der Waals surface area contributed by atoms with Gasteiger partial charge >= 0.3 is 0 Å². The molecule has 27 heavy (non-hydrogen) atoms. The predicted molar refractivity (Wildman–Crippen MR) is 99.0 cm³/mol. The molecule has 0 aliphatic carbocycles. The second-order valence-electron chi connectivity index (χ2n) is 6.57. The molecule has 7 heteroatoms. The zero-order chi connectivity index (χ0) is 20.0. The van der Waals surface area contributed by atoms with E-state index in [1.165, 1.54) is 36.4 Å². The third kappa shape index (κ3) is 5.70. The van der Waals surface area contributed by atoms with Crippen molar-refractivity contribution in [2.24, 2.45) is 5.92 Å². The van der Waals surface area contributed by atoms with Crippen molar-refractivity contribution in [3.63, 3.8) is 0 Å². The van der Waals surface area contributed by atoms with Crippen LogP contribution >= 0.6 is 0 Å². The van der Waals surface area contributed by atoms with Crippen molar-refractivity contribution in [2.45, 2.75) is 26.3 Å². The second-order valence-corrected chi connectivity index (χ2v) is 6.57. The lowest BCUT2D eigenvalue weighted by molar-refractivity contribution is -0.123. The zero-order valence-corrected chi connectivity index (χ0v) is 15.2. The van der Waals surface area contributed by atoms with E-state index in [9.17, 15) is 24.2 Å². The zero-order valence-electron chi connectivity index (χ0n) is 15.2. The van der Waals surface area contributed by atoms with E-state index < -0.39 is 17.8 Å². The Kier molecular flexibility index (Phi) is 6.76. The summed E-state index contributed by atoms with van der Waals surface area (Å²) in [6.07, 6.45) is 0.455. The van der Waals surface area contributed by atoms with E-state index in [0.717, 1.165) is 5.56 Å². The quantitative estimate of drug-likeness (QED) is 0.559. The molecule has 1 atom stereocenters. The molecule has 144 valence electrons. The molecule has 0 radical (unpaired) electrons. The molecule has 2 rings (SSSR count). The summed E-state index contributed by atoms with van der Waals surface area (Å²) in [6, 6.07) is 8.81. The van der Waals surface area contributed by atoms with Crippen LogP contribution in [0, 0.1) is 11.7 Å². The number of carbonyl (C=O) groups excluding carboxylic acids is 2. The summed E-state index contributed by atoms with van der Waals surface area (Å²) in [5.74, 6) is -1.79. The summed E-state index contributed by atoms with van der Waals surface area (Å²) in [4.78, 5) is 24.7. The van der Waals surface area contributed by atoms with Crippen molar-refractivity contribution < 1.29 is 24.2 Å². The molecule has 0 aliphatic heterocycles. The number of hydrogen-bond acceptors (Lipinski definition) is 4. The van der Waals surface area contributed by atoms with Crippen molar-refractivity contribution in [2.75, 3.05) is 6.54 Å². The number of nitrogens with one attached hydrogen (secondary N) is 2. The third-order valence-corrected chi connectivity index (χ3v) is 4.09. The second kappa shape index (κ2) is 9.02. The lowest BCUT2D eigenvalue weighted by atomic mass is 10.0. The van der Waals surface area contributed by atoms with Crippen molar-refractivity contribution in [1.29, 1.82) is 0 Å². The molecule has 0 bridgehead atoms. The van der Waals surface area contributed by atoms with Crippen LogP contribution in [0.5, 0.6) is 11.5 Å². The fourth-order valence-electron chi connectivity index (χ4n) is 2.53. The van der Waals surface area contributed by atoms with Crippen LogP contribution in [0.25, 0.3) is 0 Å². The smallest absolute Gasteiger partial charge is 0.251 e. The highest BCUT2D eigenvalue weighted by Gasteiger charge is 2.24. The molecule has 4 N–H and O–H groups in total. The Morgan fingerprint density at radius 1 is 1.04 bits per heavy atom. The van der Waals surface area contributed by atoms with Crippen LogP contribution in [0.1, 0.15) is 29.8 Å². The molecule has 0 heterocycles. The minimum atomic E-state index is -0.740. The molecule has 2 aromatic carbocycles. The summed E-state index contributed by atoms with van der Waals surface area (Å²) in [6.45, 7) is 3.93. The van der Waals surface area contributed by atoms with Crippen LogP contribution < -0.4 is 10.6 Å². The summed E-state index contributed by atoms with van der Waals surface area (Å²) < 4.78 is 13.0.